The number of pyridine rings is 1. The van der Waals surface area contributed by atoms with E-state index >= 15 is 0 Å². The van der Waals surface area contributed by atoms with E-state index in [1.807, 2.05) is 39.8 Å². The molecule has 15 heavy (non-hydrogen) atoms. The average Bonchev–Trinajstić information content (AvgIpc) is 2.17. The molecule has 0 amide bonds. The van der Waals surface area contributed by atoms with E-state index in [-0.39, 0.29) is 10.8 Å². The van der Waals surface area contributed by atoms with Gasteiger partial charge in [-0.2, -0.15) is 0 Å². The van der Waals surface area contributed by atoms with Crippen molar-refractivity contribution >= 4 is 11.0 Å². The number of hydrogen-bond acceptors (Lipinski definition) is 2. The molecule has 0 fully saturated rings. The number of rotatable bonds is 3. The molecular weight excluding hydrogens is 208 g/mol. The summed E-state index contributed by atoms with van der Waals surface area (Å²) in [5, 5.41) is 0. The normalized spacial score (nSPS) is 16.0. The lowest BCUT2D eigenvalue weighted by Crippen LogP contribution is -2.34. The van der Waals surface area contributed by atoms with E-state index in [0.717, 1.165) is 5.56 Å². The van der Waals surface area contributed by atoms with E-state index in [1.165, 1.54) is 0 Å². The van der Waals surface area contributed by atoms with Crippen molar-refractivity contribution in [2.24, 2.45) is 0 Å². The van der Waals surface area contributed by atoms with Crippen LogP contribution in [0, 0.1) is 0 Å². The van der Waals surface area contributed by atoms with Gasteiger partial charge in [-0.25, -0.2) is 8.93 Å². The van der Waals surface area contributed by atoms with Gasteiger partial charge in [-0.05, 0) is 45.4 Å². The SMILES string of the molecule is C[C@H](NS(=O)C(C)(C)C)c1ccncc1. The van der Waals surface area contributed by atoms with Crippen LogP contribution in [0.3, 0.4) is 0 Å². The van der Waals surface area contributed by atoms with Crippen molar-refractivity contribution in [2.45, 2.75) is 38.5 Å². The second-order valence-electron chi connectivity index (χ2n) is 4.50. The summed E-state index contributed by atoms with van der Waals surface area (Å²) in [6.45, 7) is 7.86. The number of aromatic nitrogens is 1. The van der Waals surface area contributed by atoms with Crippen LogP contribution in [0.15, 0.2) is 24.5 Å². The third-order valence-corrected chi connectivity index (χ3v) is 3.73. The Bertz CT molecular complexity index is 332. The molecule has 2 atom stereocenters. The van der Waals surface area contributed by atoms with Crippen molar-refractivity contribution in [1.29, 1.82) is 0 Å². The zero-order valence-corrected chi connectivity index (χ0v) is 10.5. The van der Waals surface area contributed by atoms with Crippen LogP contribution >= 0.6 is 0 Å². The van der Waals surface area contributed by atoms with Gasteiger partial charge < -0.3 is 0 Å². The average molecular weight is 226 g/mol. The smallest absolute Gasteiger partial charge is 0.0975 e. The molecule has 1 aromatic heterocycles. The molecule has 1 aromatic rings. The summed E-state index contributed by atoms with van der Waals surface area (Å²) in [6.07, 6.45) is 3.49. The van der Waals surface area contributed by atoms with Crippen molar-refractivity contribution in [2.75, 3.05) is 0 Å². The van der Waals surface area contributed by atoms with Gasteiger partial charge in [0.15, 0.2) is 0 Å². The summed E-state index contributed by atoms with van der Waals surface area (Å²) in [5.74, 6) is 0. The molecular formula is C11H18N2OS. The summed E-state index contributed by atoms with van der Waals surface area (Å²) in [7, 11) is -1.04. The molecule has 0 saturated heterocycles. The second kappa shape index (κ2) is 4.86. The summed E-state index contributed by atoms with van der Waals surface area (Å²) < 4.78 is 14.7. The Morgan fingerprint density at radius 1 is 1.33 bits per heavy atom. The molecule has 1 heterocycles. The first-order valence-corrected chi connectivity index (χ1v) is 6.14. The highest BCUT2D eigenvalue weighted by molar-refractivity contribution is 7.84. The lowest BCUT2D eigenvalue weighted by atomic mass is 10.1. The molecule has 0 saturated carbocycles. The standard InChI is InChI=1S/C11H18N2OS/c1-9(10-5-7-12-8-6-10)13-15(14)11(2,3)4/h5-9,13H,1-4H3/t9-,15?/m0/s1. The number of nitrogens with one attached hydrogen (secondary N) is 1. The van der Waals surface area contributed by atoms with Crippen LogP contribution in [0.2, 0.25) is 0 Å². The van der Waals surface area contributed by atoms with Crippen LogP contribution in [0.25, 0.3) is 0 Å². The monoisotopic (exact) mass is 226 g/mol. The molecule has 3 nitrogen and oxygen atoms in total. The Hall–Kier alpha value is -0.740. The Morgan fingerprint density at radius 2 is 1.87 bits per heavy atom. The van der Waals surface area contributed by atoms with E-state index in [9.17, 15) is 4.21 Å². The summed E-state index contributed by atoms with van der Waals surface area (Å²) in [4.78, 5) is 3.95. The predicted molar refractivity (Wildman–Crippen MR) is 63.7 cm³/mol. The minimum absolute atomic E-state index is 0.0769. The van der Waals surface area contributed by atoms with E-state index in [4.69, 9.17) is 0 Å². The van der Waals surface area contributed by atoms with Crippen LogP contribution in [0.1, 0.15) is 39.3 Å². The molecule has 1 unspecified atom stereocenters. The topological polar surface area (TPSA) is 42.0 Å². The summed E-state index contributed by atoms with van der Waals surface area (Å²) in [5.41, 5.74) is 1.10. The van der Waals surface area contributed by atoms with Gasteiger partial charge in [0, 0.05) is 18.4 Å². The minimum Gasteiger partial charge on any atom is -0.265 e. The number of hydrogen-bond donors (Lipinski definition) is 1. The molecule has 0 bridgehead atoms. The predicted octanol–water partition coefficient (Wildman–Crippen LogP) is 2.19. The summed E-state index contributed by atoms with van der Waals surface area (Å²) >= 11 is 0. The van der Waals surface area contributed by atoms with Gasteiger partial charge in [0.25, 0.3) is 0 Å². The molecule has 0 radical (unpaired) electrons. The van der Waals surface area contributed by atoms with Gasteiger partial charge in [-0.15, -0.1) is 0 Å². The van der Waals surface area contributed by atoms with Gasteiger partial charge >= 0.3 is 0 Å². The van der Waals surface area contributed by atoms with Crippen molar-refractivity contribution in [3.63, 3.8) is 0 Å². The highest BCUT2D eigenvalue weighted by Gasteiger charge is 2.21. The fourth-order valence-electron chi connectivity index (χ4n) is 1.06. The van der Waals surface area contributed by atoms with Crippen molar-refractivity contribution in [1.82, 2.24) is 9.71 Å². The molecule has 0 aliphatic heterocycles. The van der Waals surface area contributed by atoms with Crippen molar-refractivity contribution in [3.05, 3.63) is 30.1 Å². The quantitative estimate of drug-likeness (QED) is 0.858. The van der Waals surface area contributed by atoms with E-state index in [2.05, 4.69) is 9.71 Å². The zero-order chi connectivity index (χ0) is 11.5. The van der Waals surface area contributed by atoms with E-state index < -0.39 is 11.0 Å². The first-order chi connectivity index (χ1) is 6.91. The minimum atomic E-state index is -1.04. The van der Waals surface area contributed by atoms with E-state index in [0.29, 0.717) is 0 Å². The first kappa shape index (κ1) is 12.3. The molecule has 84 valence electrons. The van der Waals surface area contributed by atoms with Gasteiger partial charge in [0.05, 0.1) is 15.7 Å². The molecule has 0 aromatic carbocycles. The van der Waals surface area contributed by atoms with Crippen LogP contribution in [-0.4, -0.2) is 13.9 Å². The highest BCUT2D eigenvalue weighted by Crippen LogP contribution is 2.15. The Balaban J connectivity index is 2.65. The molecule has 1 N–H and O–H groups in total. The molecule has 0 aliphatic rings. The maximum Gasteiger partial charge on any atom is 0.0975 e. The van der Waals surface area contributed by atoms with Crippen molar-refractivity contribution in [3.8, 4) is 0 Å². The molecule has 4 heteroatoms. The first-order valence-electron chi connectivity index (χ1n) is 4.99. The van der Waals surface area contributed by atoms with Crippen molar-refractivity contribution < 1.29 is 4.21 Å². The lowest BCUT2D eigenvalue weighted by molar-refractivity contribution is 0.616. The largest absolute Gasteiger partial charge is 0.265 e. The molecule has 0 spiro atoms. The fraction of sp³-hybridized carbons (Fsp3) is 0.545. The third kappa shape index (κ3) is 3.72. The Kier molecular flexibility index (Phi) is 3.99. The van der Waals surface area contributed by atoms with Gasteiger partial charge in [0.1, 0.15) is 0 Å². The maximum absolute atomic E-state index is 11.8. The zero-order valence-electron chi connectivity index (χ0n) is 9.65. The van der Waals surface area contributed by atoms with Crippen LogP contribution in [-0.2, 0) is 11.0 Å². The van der Waals surface area contributed by atoms with Crippen LogP contribution in [0.4, 0.5) is 0 Å². The highest BCUT2D eigenvalue weighted by atomic mass is 32.2. The lowest BCUT2D eigenvalue weighted by Gasteiger charge is -2.22. The maximum atomic E-state index is 11.8. The third-order valence-electron chi connectivity index (χ3n) is 2.05. The van der Waals surface area contributed by atoms with Gasteiger partial charge in [0.2, 0.25) is 0 Å². The van der Waals surface area contributed by atoms with Crippen LogP contribution < -0.4 is 4.72 Å². The molecule has 1 rings (SSSR count). The Morgan fingerprint density at radius 3 is 2.33 bits per heavy atom. The summed E-state index contributed by atoms with van der Waals surface area (Å²) in [6, 6.07) is 3.93. The van der Waals surface area contributed by atoms with E-state index in [1.54, 1.807) is 12.4 Å². The van der Waals surface area contributed by atoms with Gasteiger partial charge in [-0.1, -0.05) is 0 Å². The van der Waals surface area contributed by atoms with Gasteiger partial charge in [-0.3, -0.25) is 4.98 Å². The molecule has 0 aliphatic carbocycles. The Labute approximate surface area is 93.9 Å². The van der Waals surface area contributed by atoms with Crippen LogP contribution in [0.5, 0.6) is 0 Å². The number of nitrogens with zero attached hydrogens (tertiary/aromatic N) is 1. The fourth-order valence-corrected chi connectivity index (χ4v) is 1.87. The second-order valence-corrected chi connectivity index (χ2v) is 6.50.